The third kappa shape index (κ3) is 4.09. The summed E-state index contributed by atoms with van der Waals surface area (Å²) in [5.41, 5.74) is 2.87. The molecular weight excluding hydrogens is 410 g/mol. The average Bonchev–Trinajstić information content (AvgIpc) is 3.49. The lowest BCUT2D eigenvalue weighted by Crippen LogP contribution is -2.38. The Kier molecular flexibility index (Phi) is 5.26. The molecule has 5 rings (SSSR count). The molecule has 2 aromatic heterocycles. The second-order valence-corrected chi connectivity index (χ2v) is 8.55. The van der Waals surface area contributed by atoms with Crippen LogP contribution < -0.4 is 5.32 Å². The van der Waals surface area contributed by atoms with Crippen molar-refractivity contribution in [2.75, 3.05) is 18.4 Å². The molecule has 2 amide bonds. The minimum atomic E-state index is -0.168. The number of amides is 2. The molecule has 4 aromatic rings. The number of benzene rings is 2. The normalized spacial score (nSPS) is 14.6. The molecule has 0 unspecified atom stereocenters. The molecule has 2 aromatic carbocycles. The largest absolute Gasteiger partial charge is 0.440 e. The lowest BCUT2D eigenvalue weighted by atomic mass is 9.96. The van der Waals surface area contributed by atoms with E-state index in [1.54, 1.807) is 30.3 Å². The van der Waals surface area contributed by atoms with E-state index in [9.17, 15) is 9.59 Å². The smallest absolute Gasteiger partial charge is 0.265 e. The van der Waals surface area contributed by atoms with Crippen LogP contribution in [0, 0.1) is 0 Å². The van der Waals surface area contributed by atoms with Crippen molar-refractivity contribution in [3.8, 4) is 0 Å². The lowest BCUT2D eigenvalue weighted by Gasteiger charge is -2.30. The van der Waals surface area contributed by atoms with Crippen LogP contribution in [0.3, 0.4) is 0 Å². The fourth-order valence-corrected chi connectivity index (χ4v) is 4.53. The summed E-state index contributed by atoms with van der Waals surface area (Å²) in [7, 11) is 0. The van der Waals surface area contributed by atoms with Gasteiger partial charge in [0.1, 0.15) is 5.52 Å². The fourth-order valence-electron chi connectivity index (χ4n) is 3.91. The summed E-state index contributed by atoms with van der Waals surface area (Å²) in [5.74, 6) is 0.779. The van der Waals surface area contributed by atoms with Gasteiger partial charge in [-0.25, -0.2) is 4.98 Å². The molecule has 0 bridgehead atoms. The highest BCUT2D eigenvalue weighted by atomic mass is 32.1. The number of fused-ring (bicyclic) bond motifs is 1. The number of para-hydroxylation sites is 2. The average molecular weight is 432 g/mol. The first-order chi connectivity index (χ1) is 15.2. The Hall–Kier alpha value is -3.45. The number of carbonyl (C=O) groups is 2. The minimum Gasteiger partial charge on any atom is -0.440 e. The van der Waals surface area contributed by atoms with Crippen LogP contribution in [0.15, 0.2) is 70.5 Å². The van der Waals surface area contributed by atoms with E-state index < -0.39 is 0 Å². The van der Waals surface area contributed by atoms with Gasteiger partial charge in [-0.05, 0) is 54.6 Å². The van der Waals surface area contributed by atoms with Gasteiger partial charge in [0, 0.05) is 30.3 Å². The summed E-state index contributed by atoms with van der Waals surface area (Å²) in [6, 6.07) is 18.5. The first-order valence-electron chi connectivity index (χ1n) is 10.3. The summed E-state index contributed by atoms with van der Waals surface area (Å²) in [6.45, 7) is 1.29. The highest BCUT2D eigenvalue weighted by molar-refractivity contribution is 7.12. The van der Waals surface area contributed by atoms with Gasteiger partial charge in [-0.1, -0.05) is 24.3 Å². The van der Waals surface area contributed by atoms with Crippen LogP contribution in [-0.4, -0.2) is 34.8 Å². The minimum absolute atomic E-state index is 0.0248. The van der Waals surface area contributed by atoms with E-state index >= 15 is 0 Å². The van der Waals surface area contributed by atoms with Crippen LogP contribution in [0.1, 0.15) is 44.7 Å². The number of oxazole rings is 1. The molecular formula is C24H21N3O3S. The lowest BCUT2D eigenvalue weighted by molar-refractivity contribution is 0.0706. The Bertz CT molecular complexity index is 1190. The maximum absolute atomic E-state index is 13.0. The van der Waals surface area contributed by atoms with Gasteiger partial charge in [-0.3, -0.25) is 9.59 Å². The zero-order chi connectivity index (χ0) is 21.2. The van der Waals surface area contributed by atoms with Crippen molar-refractivity contribution in [2.24, 2.45) is 0 Å². The Labute approximate surface area is 183 Å². The predicted molar refractivity (Wildman–Crippen MR) is 121 cm³/mol. The van der Waals surface area contributed by atoms with E-state index in [-0.39, 0.29) is 17.7 Å². The van der Waals surface area contributed by atoms with E-state index in [0.29, 0.717) is 29.2 Å². The molecule has 1 N–H and O–H groups in total. The predicted octanol–water partition coefficient (Wildman–Crippen LogP) is 5.16. The van der Waals surface area contributed by atoms with Gasteiger partial charge in [0.05, 0.1) is 4.88 Å². The summed E-state index contributed by atoms with van der Waals surface area (Å²) in [4.78, 5) is 32.4. The molecule has 0 radical (unpaired) electrons. The molecule has 1 fully saturated rings. The Morgan fingerprint density at radius 3 is 2.65 bits per heavy atom. The van der Waals surface area contributed by atoms with Crippen molar-refractivity contribution >= 4 is 39.9 Å². The zero-order valence-corrected chi connectivity index (χ0v) is 17.6. The van der Waals surface area contributed by atoms with Gasteiger partial charge in [0.25, 0.3) is 11.8 Å². The van der Waals surface area contributed by atoms with Gasteiger partial charge in [0.2, 0.25) is 0 Å². The highest BCUT2D eigenvalue weighted by Gasteiger charge is 2.27. The van der Waals surface area contributed by atoms with Crippen molar-refractivity contribution < 1.29 is 14.0 Å². The number of piperidine rings is 1. The molecule has 0 spiro atoms. The second kappa shape index (κ2) is 8.35. The van der Waals surface area contributed by atoms with Crippen molar-refractivity contribution in [1.82, 2.24) is 9.88 Å². The highest BCUT2D eigenvalue weighted by Crippen LogP contribution is 2.30. The molecule has 1 aliphatic rings. The topological polar surface area (TPSA) is 75.4 Å². The van der Waals surface area contributed by atoms with E-state index in [1.165, 1.54) is 11.3 Å². The number of likely N-dealkylation sites (tertiary alicyclic amines) is 1. The number of anilines is 1. The fraction of sp³-hybridized carbons (Fsp3) is 0.208. The molecule has 6 nitrogen and oxygen atoms in total. The third-order valence-electron chi connectivity index (χ3n) is 5.55. The molecule has 31 heavy (non-hydrogen) atoms. The Morgan fingerprint density at radius 1 is 1.03 bits per heavy atom. The molecule has 7 heteroatoms. The number of nitrogens with one attached hydrogen (secondary N) is 1. The zero-order valence-electron chi connectivity index (χ0n) is 16.8. The van der Waals surface area contributed by atoms with E-state index in [1.807, 2.05) is 40.6 Å². The van der Waals surface area contributed by atoms with Crippen LogP contribution >= 0.6 is 11.3 Å². The Morgan fingerprint density at radius 2 is 1.87 bits per heavy atom. The second-order valence-electron chi connectivity index (χ2n) is 7.60. The maximum Gasteiger partial charge on any atom is 0.265 e. The van der Waals surface area contributed by atoms with Crippen LogP contribution in [-0.2, 0) is 0 Å². The molecule has 1 saturated heterocycles. The first-order valence-corrected chi connectivity index (χ1v) is 11.1. The van der Waals surface area contributed by atoms with Gasteiger partial charge >= 0.3 is 0 Å². The summed E-state index contributed by atoms with van der Waals surface area (Å²) < 4.78 is 5.92. The van der Waals surface area contributed by atoms with E-state index in [0.717, 1.165) is 29.8 Å². The molecule has 1 aliphatic heterocycles. The third-order valence-corrected chi connectivity index (χ3v) is 6.42. The number of hydrogen-bond acceptors (Lipinski definition) is 5. The van der Waals surface area contributed by atoms with Gasteiger partial charge < -0.3 is 14.6 Å². The molecule has 0 aliphatic carbocycles. The van der Waals surface area contributed by atoms with Crippen LogP contribution in [0.4, 0.5) is 5.69 Å². The van der Waals surface area contributed by atoms with Gasteiger partial charge in [-0.15, -0.1) is 11.3 Å². The number of nitrogens with zero attached hydrogens (tertiary/aromatic N) is 2. The summed E-state index contributed by atoms with van der Waals surface area (Å²) in [6.07, 6.45) is 1.63. The molecule has 156 valence electrons. The number of rotatable bonds is 4. The monoisotopic (exact) mass is 431 g/mol. The van der Waals surface area contributed by atoms with E-state index in [2.05, 4.69) is 10.3 Å². The number of hydrogen-bond donors (Lipinski definition) is 1. The van der Waals surface area contributed by atoms with Crippen molar-refractivity contribution in [1.29, 1.82) is 0 Å². The van der Waals surface area contributed by atoms with Crippen molar-refractivity contribution in [3.63, 3.8) is 0 Å². The first kappa shape index (κ1) is 19.5. The van der Waals surface area contributed by atoms with Crippen LogP contribution in [0.25, 0.3) is 11.1 Å². The Balaban J connectivity index is 1.23. The van der Waals surface area contributed by atoms with E-state index in [4.69, 9.17) is 4.42 Å². The summed E-state index contributed by atoms with van der Waals surface area (Å²) in [5, 5.41) is 4.72. The van der Waals surface area contributed by atoms with Gasteiger partial charge in [0.15, 0.2) is 11.5 Å². The SMILES string of the molecule is O=C(Nc1cccc(C(=O)N2CCC(c3nc4ccccc4o3)CC2)c1)c1cccs1. The quantitative estimate of drug-likeness (QED) is 0.484. The summed E-state index contributed by atoms with van der Waals surface area (Å²) >= 11 is 1.38. The van der Waals surface area contributed by atoms with Gasteiger partial charge in [-0.2, -0.15) is 0 Å². The molecule has 0 atom stereocenters. The standard InChI is InChI=1S/C24H21N3O3S/c28-22(21-9-4-14-31-21)25-18-6-3-5-17(15-18)24(29)27-12-10-16(11-13-27)23-26-19-7-1-2-8-20(19)30-23/h1-9,14-16H,10-13H2,(H,25,28). The number of aromatic nitrogens is 1. The van der Waals surface area contributed by atoms with Crippen LogP contribution in [0.5, 0.6) is 0 Å². The van der Waals surface area contributed by atoms with Crippen molar-refractivity contribution in [3.05, 3.63) is 82.4 Å². The van der Waals surface area contributed by atoms with Crippen molar-refractivity contribution in [2.45, 2.75) is 18.8 Å². The van der Waals surface area contributed by atoms with Crippen LogP contribution in [0.2, 0.25) is 0 Å². The molecule has 0 saturated carbocycles. The molecule has 3 heterocycles. The number of carbonyl (C=O) groups excluding carboxylic acids is 2. The number of thiophene rings is 1. The maximum atomic E-state index is 13.0.